The van der Waals surface area contributed by atoms with Gasteiger partial charge in [0, 0.05) is 17.8 Å². The van der Waals surface area contributed by atoms with Crippen LogP contribution in [0.25, 0.3) is 22.4 Å². The zero-order valence-electron chi connectivity index (χ0n) is 20.9. The first kappa shape index (κ1) is 28.9. The number of fused-ring (bicyclic) bond motifs is 1. The molecule has 0 atom stereocenters. The summed E-state index contributed by atoms with van der Waals surface area (Å²) in [4.78, 5) is 32.1. The Morgan fingerprint density at radius 1 is 0.925 bits per heavy atom. The van der Waals surface area contributed by atoms with Crippen LogP contribution in [-0.4, -0.2) is 28.0 Å². The number of imidazole rings is 1. The van der Waals surface area contributed by atoms with E-state index in [0.717, 1.165) is 26.0 Å². The molecule has 0 spiro atoms. The van der Waals surface area contributed by atoms with Crippen molar-refractivity contribution in [1.29, 1.82) is 0 Å². The average molecular weight is 583 g/mol. The van der Waals surface area contributed by atoms with E-state index >= 15 is 0 Å². The zero-order chi connectivity index (χ0) is 29.5. The summed E-state index contributed by atoms with van der Waals surface area (Å²) in [5, 5.41) is 4.96. The molecule has 210 valence electrons. The lowest BCUT2D eigenvalue weighted by Crippen LogP contribution is -2.46. The highest BCUT2D eigenvalue weighted by Gasteiger charge is 2.52. The van der Waals surface area contributed by atoms with Gasteiger partial charge in [0.2, 0.25) is 5.91 Å². The third-order valence-corrected chi connectivity index (χ3v) is 6.56. The van der Waals surface area contributed by atoms with Crippen molar-refractivity contribution in [1.82, 2.24) is 15.3 Å². The summed E-state index contributed by atoms with van der Waals surface area (Å²) in [6.07, 6.45) is -9.22. The number of alkyl halides is 6. The lowest BCUT2D eigenvalue weighted by atomic mass is 9.91. The van der Waals surface area contributed by atoms with Crippen molar-refractivity contribution < 1.29 is 35.9 Å². The third kappa shape index (κ3) is 6.06. The number of aromatic nitrogens is 2. The summed E-state index contributed by atoms with van der Waals surface area (Å²) in [5.41, 5.74) is -1.52. The highest BCUT2D eigenvalue weighted by molar-refractivity contribution is 6.34. The van der Waals surface area contributed by atoms with Crippen molar-refractivity contribution >= 4 is 40.1 Å². The van der Waals surface area contributed by atoms with E-state index in [1.165, 1.54) is 24.3 Å². The monoisotopic (exact) mass is 582 g/mol. The standard InChI is InChI=1S/C27H21ClF6N4O2/c1-25(2,27(32,33)34)24(40)35-13-14-3-9-19(28)18(11-14)23(39)36-17-7-4-15(5-8-17)22-37-20-10-6-16(26(29,30)31)12-21(20)38-22/h3-12H,13H2,1-2H3,(H,35,40)(H,36,39)(H,37,38). The molecular formula is C27H21ClF6N4O2. The number of benzene rings is 3. The molecule has 0 aliphatic heterocycles. The number of carbonyl (C=O) groups is 2. The molecule has 40 heavy (non-hydrogen) atoms. The highest BCUT2D eigenvalue weighted by Crippen LogP contribution is 2.37. The topological polar surface area (TPSA) is 86.9 Å². The minimum Gasteiger partial charge on any atom is -0.351 e. The minimum absolute atomic E-state index is 0.0327. The molecule has 13 heteroatoms. The number of H-pyrrole nitrogens is 1. The normalized spacial score (nSPS) is 12.4. The van der Waals surface area contributed by atoms with Crippen molar-refractivity contribution in [2.75, 3.05) is 5.32 Å². The van der Waals surface area contributed by atoms with Gasteiger partial charge in [-0.1, -0.05) is 17.7 Å². The second-order valence-electron chi connectivity index (χ2n) is 9.47. The summed E-state index contributed by atoms with van der Waals surface area (Å²) < 4.78 is 78.2. The van der Waals surface area contributed by atoms with Gasteiger partial charge in [0.05, 0.1) is 27.2 Å². The Morgan fingerprint density at radius 2 is 1.60 bits per heavy atom. The summed E-state index contributed by atoms with van der Waals surface area (Å²) in [6.45, 7) is 1.28. The van der Waals surface area contributed by atoms with E-state index in [9.17, 15) is 35.9 Å². The molecular weight excluding hydrogens is 562 g/mol. The van der Waals surface area contributed by atoms with Gasteiger partial charge in [0.15, 0.2) is 0 Å². The third-order valence-electron chi connectivity index (χ3n) is 6.23. The second-order valence-corrected chi connectivity index (χ2v) is 9.87. The van der Waals surface area contributed by atoms with E-state index in [1.807, 2.05) is 0 Å². The maximum atomic E-state index is 13.1. The van der Waals surface area contributed by atoms with E-state index in [4.69, 9.17) is 11.6 Å². The van der Waals surface area contributed by atoms with Crippen LogP contribution >= 0.6 is 11.6 Å². The number of carbonyl (C=O) groups excluding carboxylic acids is 2. The highest BCUT2D eigenvalue weighted by atomic mass is 35.5. The van der Waals surface area contributed by atoms with Crippen molar-refractivity contribution in [2.45, 2.75) is 32.7 Å². The van der Waals surface area contributed by atoms with Gasteiger partial charge >= 0.3 is 12.4 Å². The lowest BCUT2D eigenvalue weighted by molar-refractivity contribution is -0.211. The van der Waals surface area contributed by atoms with Crippen LogP contribution in [0, 0.1) is 5.41 Å². The first-order chi connectivity index (χ1) is 18.6. The van der Waals surface area contributed by atoms with E-state index in [-0.39, 0.29) is 22.6 Å². The fourth-order valence-corrected chi connectivity index (χ4v) is 3.82. The van der Waals surface area contributed by atoms with Gasteiger partial charge in [0.25, 0.3) is 5.91 Å². The molecule has 0 bridgehead atoms. The van der Waals surface area contributed by atoms with Gasteiger partial charge in [-0.15, -0.1) is 0 Å². The minimum atomic E-state index is -4.74. The van der Waals surface area contributed by atoms with Crippen LogP contribution in [0.4, 0.5) is 32.0 Å². The number of nitrogens with zero attached hydrogens (tertiary/aromatic N) is 1. The Morgan fingerprint density at radius 3 is 2.23 bits per heavy atom. The molecule has 0 radical (unpaired) electrons. The van der Waals surface area contributed by atoms with Crippen LogP contribution in [0.1, 0.15) is 35.3 Å². The predicted octanol–water partition coefficient (Wildman–Crippen LogP) is 7.36. The summed E-state index contributed by atoms with van der Waals surface area (Å²) >= 11 is 6.16. The molecule has 4 aromatic rings. The average Bonchev–Trinajstić information content (AvgIpc) is 3.30. The summed E-state index contributed by atoms with van der Waals surface area (Å²) in [6, 6.07) is 13.7. The number of aromatic amines is 1. The Labute approximate surface area is 228 Å². The van der Waals surface area contributed by atoms with Gasteiger partial charge in [-0.3, -0.25) is 9.59 Å². The number of hydrogen-bond donors (Lipinski definition) is 3. The van der Waals surface area contributed by atoms with Crippen LogP contribution in [0.3, 0.4) is 0 Å². The zero-order valence-corrected chi connectivity index (χ0v) is 21.6. The van der Waals surface area contributed by atoms with Crippen LogP contribution in [0.15, 0.2) is 60.7 Å². The van der Waals surface area contributed by atoms with Crippen LogP contribution < -0.4 is 10.6 Å². The predicted molar refractivity (Wildman–Crippen MR) is 138 cm³/mol. The van der Waals surface area contributed by atoms with Crippen molar-refractivity contribution in [3.8, 4) is 11.4 Å². The molecule has 0 saturated heterocycles. The molecule has 2 amide bonds. The van der Waals surface area contributed by atoms with Gasteiger partial charge in [-0.2, -0.15) is 26.3 Å². The molecule has 0 aliphatic carbocycles. The molecule has 6 nitrogen and oxygen atoms in total. The molecule has 3 N–H and O–H groups in total. The first-order valence-electron chi connectivity index (χ1n) is 11.7. The van der Waals surface area contributed by atoms with Crippen LogP contribution in [0.5, 0.6) is 0 Å². The number of halogens is 7. The Kier molecular flexibility index (Phi) is 7.59. The van der Waals surface area contributed by atoms with Gasteiger partial charge < -0.3 is 15.6 Å². The fraction of sp³-hybridized carbons (Fsp3) is 0.222. The Balaban J connectivity index is 1.45. The van der Waals surface area contributed by atoms with Gasteiger partial charge in [-0.25, -0.2) is 4.98 Å². The van der Waals surface area contributed by atoms with Crippen LogP contribution in [-0.2, 0) is 17.5 Å². The molecule has 4 rings (SSSR count). The number of anilines is 1. The number of rotatable bonds is 6. The molecule has 0 fully saturated rings. The molecule has 0 aliphatic rings. The quantitative estimate of drug-likeness (QED) is 0.208. The molecule has 0 unspecified atom stereocenters. The van der Waals surface area contributed by atoms with E-state index < -0.39 is 35.1 Å². The number of hydrogen-bond acceptors (Lipinski definition) is 3. The van der Waals surface area contributed by atoms with E-state index in [2.05, 4.69) is 20.6 Å². The Hall–Kier alpha value is -4.06. The second kappa shape index (κ2) is 10.5. The smallest absolute Gasteiger partial charge is 0.351 e. The summed E-state index contributed by atoms with van der Waals surface area (Å²) in [7, 11) is 0. The SMILES string of the molecule is CC(C)(C(=O)NCc1ccc(Cl)c(C(=O)Nc2ccc(-c3nc4ccc(C(F)(F)F)cc4[nH]3)cc2)c1)C(F)(F)F. The molecule has 0 saturated carbocycles. The van der Waals surface area contributed by atoms with Crippen LogP contribution in [0.2, 0.25) is 5.02 Å². The van der Waals surface area contributed by atoms with Crippen molar-refractivity contribution in [3.63, 3.8) is 0 Å². The van der Waals surface area contributed by atoms with E-state index in [0.29, 0.717) is 28.2 Å². The van der Waals surface area contributed by atoms with Gasteiger partial charge in [0.1, 0.15) is 11.2 Å². The molecule has 3 aromatic carbocycles. The maximum absolute atomic E-state index is 13.1. The summed E-state index contributed by atoms with van der Waals surface area (Å²) in [5.74, 6) is -1.49. The Bertz CT molecular complexity index is 1580. The first-order valence-corrected chi connectivity index (χ1v) is 12.1. The number of amides is 2. The molecule has 1 heterocycles. The van der Waals surface area contributed by atoms with E-state index in [1.54, 1.807) is 24.3 Å². The maximum Gasteiger partial charge on any atom is 0.416 e. The fourth-order valence-electron chi connectivity index (χ4n) is 3.62. The number of nitrogens with one attached hydrogen (secondary N) is 3. The van der Waals surface area contributed by atoms with Crippen molar-refractivity contribution in [3.05, 3.63) is 82.4 Å². The largest absolute Gasteiger partial charge is 0.416 e. The van der Waals surface area contributed by atoms with Crippen molar-refractivity contribution in [2.24, 2.45) is 5.41 Å². The van der Waals surface area contributed by atoms with Gasteiger partial charge in [-0.05, 0) is 74.0 Å². The lowest BCUT2D eigenvalue weighted by Gasteiger charge is -2.26. The molecule has 1 aromatic heterocycles.